The molecule has 158 valence electrons. The van der Waals surface area contributed by atoms with Crippen LogP contribution in [-0.4, -0.2) is 67.5 Å². The molecule has 0 saturated carbocycles. The van der Waals surface area contributed by atoms with Gasteiger partial charge in [-0.25, -0.2) is 0 Å². The average Bonchev–Trinajstić information content (AvgIpc) is 2.63. The van der Waals surface area contributed by atoms with Gasteiger partial charge in [0.05, 0.1) is 32.6 Å². The van der Waals surface area contributed by atoms with E-state index in [1.165, 1.54) is 5.56 Å². The van der Waals surface area contributed by atoms with E-state index in [9.17, 15) is 5.11 Å². The summed E-state index contributed by atoms with van der Waals surface area (Å²) in [5.41, 5.74) is 3.08. The summed E-state index contributed by atoms with van der Waals surface area (Å²) in [7, 11) is 0. The molecule has 1 N–H and O–H groups in total. The topological polar surface area (TPSA) is 45.2 Å². The lowest BCUT2D eigenvalue weighted by molar-refractivity contribution is -0.0677. The highest BCUT2D eigenvalue weighted by atomic mass is 16.5. The van der Waals surface area contributed by atoms with Crippen LogP contribution in [0.25, 0.3) is 0 Å². The minimum absolute atomic E-state index is 0.124. The predicted octanol–water partition coefficient (Wildman–Crippen LogP) is 3.65. The van der Waals surface area contributed by atoms with Gasteiger partial charge in [-0.1, -0.05) is 41.5 Å². The van der Waals surface area contributed by atoms with Gasteiger partial charge in [-0.3, -0.25) is 9.80 Å². The van der Waals surface area contributed by atoms with E-state index < -0.39 is 0 Å². The van der Waals surface area contributed by atoms with Crippen LogP contribution in [0, 0.1) is 0 Å². The van der Waals surface area contributed by atoms with Crippen molar-refractivity contribution >= 4 is 0 Å². The quantitative estimate of drug-likeness (QED) is 0.854. The Balaban J connectivity index is 2.12. The van der Waals surface area contributed by atoms with E-state index in [1.54, 1.807) is 0 Å². The fourth-order valence-corrected chi connectivity index (χ4v) is 4.25. The Hall–Kier alpha value is -1.14. The van der Waals surface area contributed by atoms with Gasteiger partial charge in [0.1, 0.15) is 5.75 Å². The third-order valence-electron chi connectivity index (χ3n) is 5.83. The van der Waals surface area contributed by atoms with Crippen molar-refractivity contribution in [3.8, 4) is 5.75 Å². The van der Waals surface area contributed by atoms with E-state index in [0.29, 0.717) is 5.75 Å². The molecule has 5 heteroatoms. The number of aromatic hydroxyl groups is 1. The first kappa shape index (κ1) is 21.6. The van der Waals surface area contributed by atoms with Gasteiger partial charge in [0.25, 0.3) is 0 Å². The van der Waals surface area contributed by atoms with Gasteiger partial charge >= 0.3 is 0 Å². The van der Waals surface area contributed by atoms with E-state index in [0.717, 1.165) is 63.7 Å². The Kier molecular flexibility index (Phi) is 6.40. The normalized spacial score (nSPS) is 20.7. The summed E-state index contributed by atoms with van der Waals surface area (Å²) >= 11 is 0. The number of hydrogen-bond donors (Lipinski definition) is 1. The highest BCUT2D eigenvalue weighted by molar-refractivity contribution is 5.50. The maximum absolute atomic E-state index is 11.1. The molecule has 0 spiro atoms. The van der Waals surface area contributed by atoms with Crippen LogP contribution in [0.5, 0.6) is 5.75 Å². The molecule has 28 heavy (non-hydrogen) atoms. The van der Waals surface area contributed by atoms with Crippen molar-refractivity contribution in [2.45, 2.75) is 58.5 Å². The largest absolute Gasteiger partial charge is 0.507 e. The molecule has 0 radical (unpaired) electrons. The Morgan fingerprint density at radius 1 is 0.750 bits per heavy atom. The lowest BCUT2D eigenvalue weighted by Gasteiger charge is -2.43. The fraction of sp³-hybridized carbons (Fsp3) is 0.739. The molecule has 0 aliphatic carbocycles. The summed E-state index contributed by atoms with van der Waals surface area (Å²) in [4.78, 5) is 5.06. The van der Waals surface area contributed by atoms with Crippen molar-refractivity contribution in [2.24, 2.45) is 0 Å². The zero-order chi connectivity index (χ0) is 20.5. The van der Waals surface area contributed by atoms with Crippen molar-refractivity contribution in [1.29, 1.82) is 0 Å². The van der Waals surface area contributed by atoms with Crippen molar-refractivity contribution in [3.63, 3.8) is 0 Å². The van der Waals surface area contributed by atoms with Crippen molar-refractivity contribution in [1.82, 2.24) is 9.80 Å². The number of ether oxygens (including phenoxy) is 2. The Morgan fingerprint density at radius 3 is 1.43 bits per heavy atom. The highest BCUT2D eigenvalue weighted by Gasteiger charge is 2.33. The summed E-state index contributed by atoms with van der Waals surface area (Å²) < 4.78 is 11.2. The van der Waals surface area contributed by atoms with Gasteiger partial charge in [0.15, 0.2) is 0 Å². The second-order valence-corrected chi connectivity index (χ2v) is 10.1. The molecule has 2 heterocycles. The maximum Gasteiger partial charge on any atom is 0.123 e. The lowest BCUT2D eigenvalue weighted by atomic mass is 9.78. The second-order valence-electron chi connectivity index (χ2n) is 10.1. The van der Waals surface area contributed by atoms with Crippen molar-refractivity contribution in [3.05, 3.63) is 28.8 Å². The SMILES string of the molecule is CC(C)(C)c1cc(C(N2CCOCC2)N2CCOCC2)cc(C(C)(C)C)c1O. The first-order valence-corrected chi connectivity index (χ1v) is 10.6. The number of nitrogens with zero attached hydrogens (tertiary/aromatic N) is 2. The molecule has 2 fully saturated rings. The molecule has 2 saturated heterocycles. The second kappa shape index (κ2) is 8.31. The van der Waals surface area contributed by atoms with E-state index in [2.05, 4.69) is 63.5 Å². The van der Waals surface area contributed by atoms with Gasteiger partial charge in [0.2, 0.25) is 0 Å². The minimum Gasteiger partial charge on any atom is -0.507 e. The summed E-state index contributed by atoms with van der Waals surface area (Å²) in [5.74, 6) is 0.450. The maximum atomic E-state index is 11.1. The molecule has 2 aliphatic rings. The zero-order valence-corrected chi connectivity index (χ0v) is 18.5. The number of rotatable bonds is 3. The minimum atomic E-state index is -0.124. The third-order valence-corrected chi connectivity index (χ3v) is 5.83. The molecule has 2 aliphatic heterocycles. The molecule has 0 aromatic heterocycles. The van der Waals surface area contributed by atoms with Crippen LogP contribution in [0.1, 0.15) is 64.4 Å². The number of morpholine rings is 2. The lowest BCUT2D eigenvalue weighted by Crippen LogP contribution is -2.50. The molecule has 3 rings (SSSR count). The van der Waals surface area contributed by atoms with E-state index >= 15 is 0 Å². The first-order valence-electron chi connectivity index (χ1n) is 10.6. The van der Waals surface area contributed by atoms with Gasteiger partial charge in [-0.05, 0) is 39.7 Å². The molecule has 5 nitrogen and oxygen atoms in total. The number of benzene rings is 1. The Morgan fingerprint density at radius 2 is 1.11 bits per heavy atom. The number of hydrogen-bond acceptors (Lipinski definition) is 5. The Bertz CT molecular complexity index is 610. The van der Waals surface area contributed by atoms with Crippen LogP contribution in [-0.2, 0) is 20.3 Å². The molecule has 1 aromatic carbocycles. The van der Waals surface area contributed by atoms with E-state index in [4.69, 9.17) is 9.47 Å². The summed E-state index contributed by atoms with van der Waals surface area (Å²) in [5, 5.41) is 11.1. The van der Waals surface area contributed by atoms with Crippen molar-refractivity contribution < 1.29 is 14.6 Å². The summed E-state index contributed by atoms with van der Waals surface area (Å²) in [6.07, 6.45) is 0.190. The van der Waals surface area contributed by atoms with Crippen LogP contribution >= 0.6 is 0 Å². The molecule has 0 amide bonds. The van der Waals surface area contributed by atoms with Crippen molar-refractivity contribution in [2.75, 3.05) is 52.6 Å². The predicted molar refractivity (Wildman–Crippen MR) is 113 cm³/mol. The smallest absolute Gasteiger partial charge is 0.123 e. The van der Waals surface area contributed by atoms with Gasteiger partial charge in [-0.15, -0.1) is 0 Å². The molecule has 0 atom stereocenters. The van der Waals surface area contributed by atoms with Crippen LogP contribution < -0.4 is 0 Å². The molecular weight excluding hydrogens is 352 g/mol. The average molecular weight is 391 g/mol. The summed E-state index contributed by atoms with van der Waals surface area (Å²) in [6, 6.07) is 4.47. The van der Waals surface area contributed by atoms with E-state index in [-0.39, 0.29) is 17.0 Å². The van der Waals surface area contributed by atoms with Gasteiger partial charge in [0, 0.05) is 26.2 Å². The monoisotopic (exact) mass is 390 g/mol. The van der Waals surface area contributed by atoms with Crippen LogP contribution in [0.4, 0.5) is 0 Å². The molecule has 1 aromatic rings. The molecule has 0 unspecified atom stereocenters. The molecular formula is C23H38N2O3. The Labute approximate surface area is 170 Å². The number of phenolic OH excluding ortho intramolecular Hbond substituents is 1. The van der Waals surface area contributed by atoms with Crippen LogP contribution in [0.3, 0.4) is 0 Å². The zero-order valence-electron chi connectivity index (χ0n) is 18.5. The number of phenols is 1. The van der Waals surface area contributed by atoms with Crippen LogP contribution in [0.15, 0.2) is 12.1 Å². The first-order chi connectivity index (χ1) is 13.1. The summed E-state index contributed by atoms with van der Waals surface area (Å²) in [6.45, 7) is 19.9. The standard InChI is InChI=1S/C23H38N2O3/c1-22(2,3)18-15-17(16-19(20(18)26)23(4,5)6)21(24-7-11-27-12-8-24)25-9-13-28-14-10-25/h15-16,21,26H,7-14H2,1-6H3. The third kappa shape index (κ3) is 4.70. The fourth-order valence-electron chi connectivity index (χ4n) is 4.25. The van der Waals surface area contributed by atoms with Gasteiger partial charge < -0.3 is 14.6 Å². The van der Waals surface area contributed by atoms with Crippen LogP contribution in [0.2, 0.25) is 0 Å². The highest BCUT2D eigenvalue weighted by Crippen LogP contribution is 2.42. The van der Waals surface area contributed by atoms with E-state index in [1.807, 2.05) is 0 Å². The molecule has 0 bridgehead atoms. The van der Waals surface area contributed by atoms with Gasteiger partial charge in [-0.2, -0.15) is 0 Å².